The molecule has 0 bridgehead atoms. The highest BCUT2D eigenvalue weighted by molar-refractivity contribution is 5.85. The molecule has 3 aromatic rings. The van der Waals surface area contributed by atoms with Gasteiger partial charge in [-0.2, -0.15) is 5.10 Å². The van der Waals surface area contributed by atoms with E-state index < -0.39 is 0 Å². The lowest BCUT2D eigenvalue weighted by Crippen LogP contribution is -2.37. The number of morpholine rings is 1. The first-order valence-corrected chi connectivity index (χ1v) is 7.11. The summed E-state index contributed by atoms with van der Waals surface area (Å²) in [7, 11) is 1.83. The molecule has 0 aliphatic carbocycles. The molecule has 1 N–H and O–H groups in total. The summed E-state index contributed by atoms with van der Waals surface area (Å²) in [5.41, 5.74) is 1.49. The topological polar surface area (TPSA) is 81.2 Å². The van der Waals surface area contributed by atoms with Gasteiger partial charge < -0.3 is 14.7 Å². The Kier molecular flexibility index (Phi) is 2.97. The summed E-state index contributed by atoms with van der Waals surface area (Å²) in [6.45, 7) is 2.92. The molecule has 0 amide bonds. The van der Waals surface area contributed by atoms with Gasteiger partial charge in [0.1, 0.15) is 0 Å². The van der Waals surface area contributed by atoms with Gasteiger partial charge in [0.15, 0.2) is 0 Å². The number of aromatic hydroxyl groups is 1. The van der Waals surface area contributed by atoms with Crippen LogP contribution in [0.5, 0.6) is 5.88 Å². The standard InChI is InChI=1S/C14H16N6O2/c1-18-8-10(6-16-18)20-9-12-11(13(20)21)7-15-14(17-12)19-2-4-22-5-3-19/h6-9,21H,2-5H2,1H3. The SMILES string of the molecule is Cn1cc(-n2cc3nc(N4CCOCC4)ncc3c2O)cn1. The maximum atomic E-state index is 10.4. The van der Waals surface area contributed by atoms with Gasteiger partial charge in [0.2, 0.25) is 11.8 Å². The highest BCUT2D eigenvalue weighted by Gasteiger charge is 2.17. The van der Waals surface area contributed by atoms with Crippen molar-refractivity contribution >= 4 is 16.9 Å². The fourth-order valence-electron chi connectivity index (χ4n) is 2.61. The van der Waals surface area contributed by atoms with Crippen LogP contribution in [0.1, 0.15) is 0 Å². The number of aromatic nitrogens is 5. The van der Waals surface area contributed by atoms with Gasteiger partial charge in [0.25, 0.3) is 0 Å². The minimum atomic E-state index is 0.122. The molecule has 0 unspecified atom stereocenters. The van der Waals surface area contributed by atoms with Crippen LogP contribution in [0.3, 0.4) is 0 Å². The van der Waals surface area contributed by atoms with E-state index >= 15 is 0 Å². The average Bonchev–Trinajstić information content (AvgIpc) is 3.12. The highest BCUT2D eigenvalue weighted by Crippen LogP contribution is 2.29. The van der Waals surface area contributed by atoms with E-state index in [1.54, 1.807) is 27.8 Å². The minimum absolute atomic E-state index is 0.122. The number of hydrogen-bond donors (Lipinski definition) is 1. The molecule has 0 aromatic carbocycles. The van der Waals surface area contributed by atoms with E-state index in [1.165, 1.54) is 0 Å². The monoisotopic (exact) mass is 300 g/mol. The predicted octanol–water partition coefficient (Wildman–Crippen LogP) is 0.696. The van der Waals surface area contributed by atoms with Crippen molar-refractivity contribution in [2.45, 2.75) is 0 Å². The Morgan fingerprint density at radius 1 is 1.18 bits per heavy atom. The smallest absolute Gasteiger partial charge is 0.226 e. The maximum absolute atomic E-state index is 10.4. The Balaban J connectivity index is 1.77. The van der Waals surface area contributed by atoms with E-state index in [1.807, 2.05) is 13.2 Å². The summed E-state index contributed by atoms with van der Waals surface area (Å²) in [5.74, 6) is 0.788. The van der Waals surface area contributed by atoms with Crippen LogP contribution in [-0.2, 0) is 11.8 Å². The minimum Gasteiger partial charge on any atom is -0.494 e. The van der Waals surface area contributed by atoms with Gasteiger partial charge in [0.05, 0.1) is 36.0 Å². The zero-order chi connectivity index (χ0) is 15.1. The van der Waals surface area contributed by atoms with E-state index in [-0.39, 0.29) is 5.88 Å². The van der Waals surface area contributed by atoms with E-state index in [0.717, 1.165) is 18.8 Å². The Morgan fingerprint density at radius 3 is 2.73 bits per heavy atom. The zero-order valence-corrected chi connectivity index (χ0v) is 12.2. The molecule has 0 radical (unpaired) electrons. The Bertz CT molecular complexity index is 818. The third-order valence-electron chi connectivity index (χ3n) is 3.79. The van der Waals surface area contributed by atoms with E-state index in [9.17, 15) is 5.11 Å². The number of rotatable bonds is 2. The maximum Gasteiger partial charge on any atom is 0.226 e. The van der Waals surface area contributed by atoms with Gasteiger partial charge >= 0.3 is 0 Å². The van der Waals surface area contributed by atoms with Crippen LogP contribution < -0.4 is 4.90 Å². The molecular formula is C14H16N6O2. The number of hydrogen-bond acceptors (Lipinski definition) is 6. The van der Waals surface area contributed by atoms with Gasteiger partial charge in [0, 0.05) is 38.7 Å². The predicted molar refractivity (Wildman–Crippen MR) is 80.3 cm³/mol. The molecule has 1 saturated heterocycles. The van der Waals surface area contributed by atoms with Crippen molar-refractivity contribution in [3.05, 3.63) is 24.8 Å². The van der Waals surface area contributed by atoms with Crippen LogP contribution in [0, 0.1) is 0 Å². The molecule has 8 heteroatoms. The number of fused-ring (bicyclic) bond motifs is 1. The summed E-state index contributed by atoms with van der Waals surface area (Å²) in [6, 6.07) is 0. The molecule has 22 heavy (non-hydrogen) atoms. The summed E-state index contributed by atoms with van der Waals surface area (Å²) in [6.07, 6.45) is 6.98. The molecular weight excluding hydrogens is 284 g/mol. The van der Waals surface area contributed by atoms with Gasteiger partial charge in [-0.1, -0.05) is 0 Å². The lowest BCUT2D eigenvalue weighted by Gasteiger charge is -2.26. The second kappa shape index (κ2) is 4.99. The third-order valence-corrected chi connectivity index (χ3v) is 3.79. The zero-order valence-electron chi connectivity index (χ0n) is 12.2. The van der Waals surface area contributed by atoms with Gasteiger partial charge in [-0.05, 0) is 0 Å². The lowest BCUT2D eigenvalue weighted by molar-refractivity contribution is 0.122. The fraction of sp³-hybridized carbons (Fsp3) is 0.357. The normalized spacial score (nSPS) is 15.6. The van der Waals surface area contributed by atoms with Crippen LogP contribution in [0.15, 0.2) is 24.8 Å². The quantitative estimate of drug-likeness (QED) is 0.750. The number of ether oxygens (including phenoxy) is 1. The van der Waals surface area contributed by atoms with Crippen LogP contribution in [0.2, 0.25) is 0 Å². The first kappa shape index (κ1) is 13.1. The molecule has 8 nitrogen and oxygen atoms in total. The van der Waals surface area contributed by atoms with Crippen molar-refractivity contribution < 1.29 is 9.84 Å². The van der Waals surface area contributed by atoms with Crippen molar-refractivity contribution in [1.82, 2.24) is 24.3 Å². The van der Waals surface area contributed by atoms with Crippen LogP contribution >= 0.6 is 0 Å². The van der Waals surface area contributed by atoms with Crippen LogP contribution in [0.25, 0.3) is 16.6 Å². The number of nitrogens with zero attached hydrogens (tertiary/aromatic N) is 6. The Morgan fingerprint density at radius 2 is 2.00 bits per heavy atom. The van der Waals surface area contributed by atoms with Gasteiger partial charge in [-0.3, -0.25) is 9.25 Å². The van der Waals surface area contributed by atoms with E-state index in [2.05, 4.69) is 20.0 Å². The van der Waals surface area contributed by atoms with Crippen molar-refractivity contribution in [2.75, 3.05) is 31.2 Å². The molecule has 4 heterocycles. The molecule has 3 aromatic heterocycles. The van der Waals surface area contributed by atoms with E-state index in [0.29, 0.717) is 30.1 Å². The summed E-state index contributed by atoms with van der Waals surface area (Å²) < 4.78 is 8.69. The average molecular weight is 300 g/mol. The number of aryl methyl sites for hydroxylation is 1. The first-order valence-electron chi connectivity index (χ1n) is 7.11. The summed E-state index contributed by atoms with van der Waals surface area (Å²) in [5, 5.41) is 15.1. The van der Waals surface area contributed by atoms with Crippen LogP contribution in [-0.4, -0.2) is 55.7 Å². The fourth-order valence-corrected chi connectivity index (χ4v) is 2.61. The summed E-state index contributed by atoms with van der Waals surface area (Å²) in [4.78, 5) is 11.0. The molecule has 1 aliphatic rings. The summed E-state index contributed by atoms with van der Waals surface area (Å²) >= 11 is 0. The van der Waals surface area contributed by atoms with Crippen LogP contribution in [0.4, 0.5) is 5.95 Å². The van der Waals surface area contributed by atoms with Crippen molar-refractivity contribution in [1.29, 1.82) is 0 Å². The second-order valence-corrected chi connectivity index (χ2v) is 5.26. The number of anilines is 1. The Hall–Kier alpha value is -2.61. The molecule has 1 aliphatic heterocycles. The first-order chi connectivity index (χ1) is 10.7. The molecule has 114 valence electrons. The highest BCUT2D eigenvalue weighted by atomic mass is 16.5. The second-order valence-electron chi connectivity index (χ2n) is 5.26. The molecule has 0 saturated carbocycles. The Labute approximate surface area is 126 Å². The molecule has 4 rings (SSSR count). The molecule has 1 fully saturated rings. The largest absolute Gasteiger partial charge is 0.494 e. The van der Waals surface area contributed by atoms with E-state index in [4.69, 9.17) is 4.74 Å². The van der Waals surface area contributed by atoms with Crippen molar-refractivity contribution in [3.8, 4) is 11.6 Å². The lowest BCUT2D eigenvalue weighted by atomic mass is 10.4. The molecule has 0 atom stereocenters. The third kappa shape index (κ3) is 2.08. The van der Waals surface area contributed by atoms with Crippen molar-refractivity contribution in [2.24, 2.45) is 7.05 Å². The van der Waals surface area contributed by atoms with Gasteiger partial charge in [-0.25, -0.2) is 9.97 Å². The molecule has 0 spiro atoms. The van der Waals surface area contributed by atoms with Crippen molar-refractivity contribution in [3.63, 3.8) is 0 Å². The van der Waals surface area contributed by atoms with Gasteiger partial charge in [-0.15, -0.1) is 0 Å².